The maximum absolute atomic E-state index is 11.2. The Balaban J connectivity index is -0.000000551. The molecule has 0 aromatic heterocycles. The van der Waals surface area contributed by atoms with Crippen LogP contribution < -0.4 is 10.6 Å². The van der Waals surface area contributed by atoms with Gasteiger partial charge in [-0.15, -0.1) is 0 Å². The summed E-state index contributed by atoms with van der Waals surface area (Å²) >= 11 is 0. The van der Waals surface area contributed by atoms with Crippen molar-refractivity contribution in [1.29, 1.82) is 0 Å². The summed E-state index contributed by atoms with van der Waals surface area (Å²) in [5.74, 6) is 0. The first-order valence-corrected chi connectivity index (χ1v) is 5.96. The van der Waals surface area contributed by atoms with E-state index in [-0.39, 0.29) is 54.2 Å². The average molecular weight is 363 g/mol. The Labute approximate surface area is 147 Å². The zero-order chi connectivity index (χ0) is 16.2. The maximum atomic E-state index is 11.2. The second-order valence-electron chi connectivity index (χ2n) is 3.85. The first-order chi connectivity index (χ1) is 9.84. The number of hydrogen-bond donors (Lipinski definition) is 2. The number of nitrogens with one attached hydrogen (secondary N) is 2. The lowest BCUT2D eigenvalue weighted by Gasteiger charge is -2.10. The normalized spacial score (nSPS) is 8.40. The molecular formula is C14H29N5O6. The average Bonchev–Trinajstić information content (AvgIpc) is 2.38. The Morgan fingerprint density at radius 2 is 1.08 bits per heavy atom. The van der Waals surface area contributed by atoms with Crippen LogP contribution in [0.4, 0.5) is 28.4 Å². The van der Waals surface area contributed by atoms with Gasteiger partial charge >= 0.3 is 17.1 Å². The molecule has 25 heavy (non-hydrogen) atoms. The quantitative estimate of drug-likeness (QED) is 0.516. The van der Waals surface area contributed by atoms with E-state index >= 15 is 0 Å². The molecule has 0 fully saturated rings. The standard InChI is InChI=1S/C10H13N5O6.4CH4/c1-3-11-8-6(13(16)17)5-7(14(18)19)9(12-4-2)10(8)15(20)21;;;;/h5,11-12H,3-4H2,1-2H3;4*1H4. The van der Waals surface area contributed by atoms with Crippen LogP contribution in [-0.4, -0.2) is 27.9 Å². The minimum absolute atomic E-state index is 0. The lowest BCUT2D eigenvalue weighted by Crippen LogP contribution is -2.10. The minimum Gasteiger partial charge on any atom is -0.374 e. The Hall–Kier alpha value is -2.98. The molecule has 146 valence electrons. The lowest BCUT2D eigenvalue weighted by atomic mass is 10.1. The van der Waals surface area contributed by atoms with E-state index in [1.54, 1.807) is 13.8 Å². The summed E-state index contributed by atoms with van der Waals surface area (Å²) in [6.07, 6.45) is 0. The van der Waals surface area contributed by atoms with Gasteiger partial charge in [0.2, 0.25) is 0 Å². The molecule has 0 saturated heterocycles. The number of anilines is 2. The van der Waals surface area contributed by atoms with Crippen molar-refractivity contribution >= 4 is 28.4 Å². The third kappa shape index (κ3) is 6.20. The van der Waals surface area contributed by atoms with Crippen LogP contribution in [0.1, 0.15) is 43.6 Å². The van der Waals surface area contributed by atoms with Crippen molar-refractivity contribution in [3.05, 3.63) is 36.4 Å². The van der Waals surface area contributed by atoms with Crippen molar-refractivity contribution in [2.45, 2.75) is 43.6 Å². The molecule has 0 aliphatic rings. The van der Waals surface area contributed by atoms with Crippen molar-refractivity contribution in [2.24, 2.45) is 0 Å². The molecule has 0 aliphatic carbocycles. The molecule has 1 aromatic carbocycles. The molecule has 0 bridgehead atoms. The van der Waals surface area contributed by atoms with Crippen LogP contribution in [0.15, 0.2) is 6.07 Å². The summed E-state index contributed by atoms with van der Waals surface area (Å²) in [5, 5.41) is 38.3. The molecule has 1 rings (SSSR count). The molecule has 0 heterocycles. The third-order valence-corrected chi connectivity index (χ3v) is 2.54. The molecule has 0 aliphatic heterocycles. The van der Waals surface area contributed by atoms with Gasteiger partial charge in [-0.1, -0.05) is 29.7 Å². The van der Waals surface area contributed by atoms with E-state index in [0.717, 1.165) is 0 Å². The molecule has 2 N–H and O–H groups in total. The van der Waals surface area contributed by atoms with Crippen molar-refractivity contribution in [3.63, 3.8) is 0 Å². The zero-order valence-corrected chi connectivity index (χ0v) is 11.3. The van der Waals surface area contributed by atoms with Crippen LogP contribution in [0.3, 0.4) is 0 Å². The van der Waals surface area contributed by atoms with Crippen LogP contribution in [0.25, 0.3) is 0 Å². The summed E-state index contributed by atoms with van der Waals surface area (Å²) in [6, 6.07) is 0.711. The molecule has 1 aromatic rings. The van der Waals surface area contributed by atoms with Gasteiger partial charge in [0.05, 0.1) is 20.8 Å². The smallest absolute Gasteiger partial charge is 0.329 e. The zero-order valence-electron chi connectivity index (χ0n) is 11.3. The highest BCUT2D eigenvalue weighted by Gasteiger charge is 2.36. The van der Waals surface area contributed by atoms with Gasteiger partial charge in [-0.05, 0) is 13.8 Å². The highest BCUT2D eigenvalue weighted by molar-refractivity contribution is 5.90. The topological polar surface area (TPSA) is 153 Å². The Kier molecular flexibility index (Phi) is 14.9. The molecule has 0 amide bonds. The number of benzene rings is 1. The van der Waals surface area contributed by atoms with E-state index in [1.807, 2.05) is 0 Å². The molecule has 0 saturated carbocycles. The Morgan fingerprint density at radius 3 is 1.28 bits per heavy atom. The number of nitrogens with zero attached hydrogens (tertiary/aromatic N) is 3. The Morgan fingerprint density at radius 1 is 0.760 bits per heavy atom. The van der Waals surface area contributed by atoms with Crippen LogP contribution in [0.5, 0.6) is 0 Å². The highest BCUT2D eigenvalue weighted by Crippen LogP contribution is 2.46. The second kappa shape index (κ2) is 12.4. The first-order valence-electron chi connectivity index (χ1n) is 5.96. The molecule has 0 spiro atoms. The van der Waals surface area contributed by atoms with E-state index < -0.39 is 31.8 Å². The molecule has 0 atom stereocenters. The predicted octanol–water partition coefficient (Wildman–Crippen LogP) is 4.82. The van der Waals surface area contributed by atoms with Gasteiger partial charge in [-0.2, -0.15) is 0 Å². The summed E-state index contributed by atoms with van der Waals surface area (Å²) in [7, 11) is 0. The van der Waals surface area contributed by atoms with Crippen LogP contribution in [-0.2, 0) is 0 Å². The molecule has 0 radical (unpaired) electrons. The van der Waals surface area contributed by atoms with E-state index in [1.165, 1.54) is 0 Å². The van der Waals surface area contributed by atoms with Gasteiger partial charge in [-0.3, -0.25) is 30.3 Å². The number of rotatable bonds is 7. The molecular weight excluding hydrogens is 334 g/mol. The fraction of sp³-hybridized carbons (Fsp3) is 0.571. The van der Waals surface area contributed by atoms with Crippen molar-refractivity contribution in [3.8, 4) is 0 Å². The van der Waals surface area contributed by atoms with Gasteiger partial charge in [-0.25, -0.2) is 0 Å². The SMILES string of the molecule is C.C.C.C.CCNc1c([N+](=O)[O-])cc([N+](=O)[O-])c(NCC)c1[N+](=O)[O-]. The van der Waals surface area contributed by atoms with Gasteiger partial charge in [0, 0.05) is 13.1 Å². The number of hydrogen-bond acceptors (Lipinski definition) is 8. The van der Waals surface area contributed by atoms with Crippen molar-refractivity contribution in [1.82, 2.24) is 0 Å². The minimum atomic E-state index is -0.895. The molecule has 11 nitrogen and oxygen atoms in total. The third-order valence-electron chi connectivity index (χ3n) is 2.54. The van der Waals surface area contributed by atoms with Crippen LogP contribution in [0.2, 0.25) is 0 Å². The first kappa shape index (κ1) is 30.0. The summed E-state index contributed by atoms with van der Waals surface area (Å²) in [6.45, 7) is 3.57. The van der Waals surface area contributed by atoms with E-state index in [0.29, 0.717) is 6.07 Å². The van der Waals surface area contributed by atoms with E-state index in [2.05, 4.69) is 10.6 Å². The Bertz CT molecular complexity index is 564. The van der Waals surface area contributed by atoms with Gasteiger partial charge in [0.25, 0.3) is 0 Å². The van der Waals surface area contributed by atoms with Crippen LogP contribution >= 0.6 is 0 Å². The summed E-state index contributed by atoms with van der Waals surface area (Å²) < 4.78 is 0. The van der Waals surface area contributed by atoms with Crippen molar-refractivity contribution < 1.29 is 14.8 Å². The highest BCUT2D eigenvalue weighted by atomic mass is 16.6. The van der Waals surface area contributed by atoms with Gasteiger partial charge in [0.15, 0.2) is 11.4 Å². The summed E-state index contributed by atoms with van der Waals surface area (Å²) in [4.78, 5) is 30.6. The van der Waals surface area contributed by atoms with Gasteiger partial charge in [0.1, 0.15) is 0 Å². The molecule has 11 heteroatoms. The fourth-order valence-corrected chi connectivity index (χ4v) is 1.81. The fourth-order valence-electron chi connectivity index (χ4n) is 1.81. The van der Waals surface area contributed by atoms with E-state index in [9.17, 15) is 30.3 Å². The summed E-state index contributed by atoms with van der Waals surface area (Å²) in [5.41, 5.74) is -2.84. The molecule has 0 unspecified atom stereocenters. The van der Waals surface area contributed by atoms with Crippen molar-refractivity contribution in [2.75, 3.05) is 23.7 Å². The lowest BCUT2D eigenvalue weighted by molar-refractivity contribution is -0.400. The predicted molar refractivity (Wildman–Crippen MR) is 102 cm³/mol. The van der Waals surface area contributed by atoms with Gasteiger partial charge < -0.3 is 10.6 Å². The number of nitro groups is 3. The van der Waals surface area contributed by atoms with E-state index in [4.69, 9.17) is 0 Å². The monoisotopic (exact) mass is 363 g/mol. The van der Waals surface area contributed by atoms with Crippen LogP contribution in [0, 0.1) is 30.3 Å². The largest absolute Gasteiger partial charge is 0.374 e. The number of nitro benzene ring substituents is 3. The second-order valence-corrected chi connectivity index (χ2v) is 3.85. The maximum Gasteiger partial charge on any atom is 0.329 e.